The molecule has 0 saturated carbocycles. The average molecular weight is 140 g/mol. The summed E-state index contributed by atoms with van der Waals surface area (Å²) in [6.07, 6.45) is 4.89. The Kier molecular flexibility index (Phi) is 2.20. The van der Waals surface area contributed by atoms with Crippen LogP contribution in [0.3, 0.4) is 0 Å². The smallest absolute Gasteiger partial charge is 0.338 e. The zero-order valence-corrected chi connectivity index (χ0v) is 5.50. The van der Waals surface area contributed by atoms with Crippen LogP contribution in [0.25, 0.3) is 0 Å². The topological polar surface area (TPSA) is 43.4 Å². The third-order valence-corrected chi connectivity index (χ3v) is 1.22. The predicted octanol–water partition coefficient (Wildman–Crippen LogP) is 0.796. The minimum atomic E-state index is -0.551. The molecule has 0 radical (unpaired) electrons. The zero-order valence-electron chi connectivity index (χ0n) is 5.50. The summed E-state index contributed by atoms with van der Waals surface area (Å²) >= 11 is 0. The number of hydrogen-bond acceptors (Lipinski definition) is 3. The van der Waals surface area contributed by atoms with Gasteiger partial charge in [-0.05, 0) is 12.8 Å². The Hall–Kier alpha value is -1.12. The molecule has 0 spiro atoms. The van der Waals surface area contributed by atoms with Gasteiger partial charge in [0.2, 0.25) is 0 Å². The number of cyclic esters (lactones) is 2. The Balaban J connectivity index is 2.56. The normalized spacial score (nSPS) is 19.6. The highest BCUT2D eigenvalue weighted by Gasteiger charge is 2.08. The van der Waals surface area contributed by atoms with Gasteiger partial charge in [0.05, 0.1) is 0 Å². The number of carbonyl (C=O) groups is 2. The van der Waals surface area contributed by atoms with Crippen molar-refractivity contribution >= 4 is 11.9 Å². The molecule has 1 aliphatic rings. The average Bonchev–Trinajstić information content (AvgIpc) is 1.83. The van der Waals surface area contributed by atoms with Crippen LogP contribution in [-0.2, 0) is 14.3 Å². The molecule has 0 N–H and O–H groups in total. The highest BCUT2D eigenvalue weighted by molar-refractivity contribution is 5.92. The molecule has 0 unspecified atom stereocenters. The van der Waals surface area contributed by atoms with Crippen molar-refractivity contribution in [1.82, 2.24) is 0 Å². The minimum absolute atomic E-state index is 0.343. The molecule has 1 rings (SSSR count). The largest absolute Gasteiger partial charge is 0.390 e. The van der Waals surface area contributed by atoms with Crippen molar-refractivity contribution in [3.05, 3.63) is 12.2 Å². The lowest BCUT2D eigenvalue weighted by Gasteiger charge is -2.01. The van der Waals surface area contributed by atoms with E-state index in [0.717, 1.165) is 12.8 Å². The van der Waals surface area contributed by atoms with Crippen LogP contribution in [0.1, 0.15) is 19.3 Å². The van der Waals surface area contributed by atoms with Gasteiger partial charge in [-0.25, -0.2) is 4.79 Å². The van der Waals surface area contributed by atoms with Crippen molar-refractivity contribution in [2.75, 3.05) is 0 Å². The van der Waals surface area contributed by atoms with E-state index < -0.39 is 11.9 Å². The molecule has 0 aromatic heterocycles. The van der Waals surface area contributed by atoms with Crippen LogP contribution >= 0.6 is 0 Å². The second kappa shape index (κ2) is 3.15. The van der Waals surface area contributed by atoms with E-state index in [2.05, 4.69) is 4.74 Å². The first-order valence-corrected chi connectivity index (χ1v) is 3.20. The Morgan fingerprint density at radius 3 is 3.00 bits per heavy atom. The number of ether oxygens (including phenoxy) is 1. The van der Waals surface area contributed by atoms with Crippen LogP contribution in [0.4, 0.5) is 0 Å². The van der Waals surface area contributed by atoms with Crippen LogP contribution in [0, 0.1) is 0 Å². The molecule has 1 heterocycles. The third kappa shape index (κ3) is 2.01. The molecule has 54 valence electrons. The lowest BCUT2D eigenvalue weighted by molar-refractivity contribution is -0.156. The second-order valence-corrected chi connectivity index (χ2v) is 2.09. The number of hydrogen-bond donors (Lipinski definition) is 0. The lowest BCUT2D eigenvalue weighted by Crippen LogP contribution is -2.10. The second-order valence-electron chi connectivity index (χ2n) is 2.09. The highest BCUT2D eigenvalue weighted by Crippen LogP contribution is 2.02. The molecule has 0 saturated heterocycles. The van der Waals surface area contributed by atoms with Gasteiger partial charge < -0.3 is 4.74 Å². The Labute approximate surface area is 58.7 Å². The monoisotopic (exact) mass is 140 g/mol. The van der Waals surface area contributed by atoms with Crippen LogP contribution < -0.4 is 0 Å². The van der Waals surface area contributed by atoms with Crippen LogP contribution in [-0.4, -0.2) is 11.9 Å². The van der Waals surface area contributed by atoms with Crippen molar-refractivity contribution in [3.8, 4) is 0 Å². The predicted molar refractivity (Wildman–Crippen MR) is 34.1 cm³/mol. The van der Waals surface area contributed by atoms with E-state index >= 15 is 0 Å². The van der Waals surface area contributed by atoms with E-state index in [9.17, 15) is 9.59 Å². The van der Waals surface area contributed by atoms with E-state index in [1.165, 1.54) is 6.08 Å². The molecule has 0 aliphatic carbocycles. The van der Waals surface area contributed by atoms with Crippen molar-refractivity contribution in [1.29, 1.82) is 0 Å². The van der Waals surface area contributed by atoms with E-state index in [0.29, 0.717) is 6.42 Å². The summed E-state index contributed by atoms with van der Waals surface area (Å²) in [5.41, 5.74) is 0. The number of carbonyl (C=O) groups excluding carboxylic acids is 2. The Morgan fingerprint density at radius 2 is 2.20 bits per heavy atom. The quantitative estimate of drug-likeness (QED) is 0.369. The summed E-state index contributed by atoms with van der Waals surface area (Å²) in [6, 6.07) is 0. The maximum atomic E-state index is 10.6. The SMILES string of the molecule is O=C1C=CCCCC(=O)O1. The molecule has 3 nitrogen and oxygen atoms in total. The van der Waals surface area contributed by atoms with Gasteiger partial charge in [0.25, 0.3) is 0 Å². The van der Waals surface area contributed by atoms with Gasteiger partial charge >= 0.3 is 11.9 Å². The van der Waals surface area contributed by atoms with E-state index in [1.54, 1.807) is 6.08 Å². The van der Waals surface area contributed by atoms with Gasteiger partial charge in [0.15, 0.2) is 0 Å². The summed E-state index contributed by atoms with van der Waals surface area (Å²) in [5, 5.41) is 0. The highest BCUT2D eigenvalue weighted by atomic mass is 16.6. The molecule has 0 atom stereocenters. The van der Waals surface area contributed by atoms with Gasteiger partial charge in [0, 0.05) is 12.5 Å². The van der Waals surface area contributed by atoms with E-state index in [4.69, 9.17) is 0 Å². The first-order chi connectivity index (χ1) is 4.79. The molecule has 10 heavy (non-hydrogen) atoms. The van der Waals surface area contributed by atoms with Crippen molar-refractivity contribution in [2.45, 2.75) is 19.3 Å². The zero-order chi connectivity index (χ0) is 7.40. The third-order valence-electron chi connectivity index (χ3n) is 1.22. The molecule has 0 amide bonds. The molecule has 3 heteroatoms. The van der Waals surface area contributed by atoms with Crippen molar-refractivity contribution < 1.29 is 14.3 Å². The van der Waals surface area contributed by atoms with E-state index in [1.807, 2.05) is 0 Å². The molecule has 0 bridgehead atoms. The van der Waals surface area contributed by atoms with Gasteiger partial charge in [-0.3, -0.25) is 4.79 Å². The maximum Gasteiger partial charge on any atom is 0.338 e. The summed E-state index contributed by atoms with van der Waals surface area (Å²) in [4.78, 5) is 21.1. The Bertz CT molecular complexity index is 181. The number of esters is 2. The van der Waals surface area contributed by atoms with Crippen molar-refractivity contribution in [3.63, 3.8) is 0 Å². The first-order valence-electron chi connectivity index (χ1n) is 3.20. The number of rotatable bonds is 0. The lowest BCUT2D eigenvalue weighted by atomic mass is 10.2. The fraction of sp³-hybridized carbons (Fsp3) is 0.429. The van der Waals surface area contributed by atoms with Gasteiger partial charge in [-0.2, -0.15) is 0 Å². The van der Waals surface area contributed by atoms with E-state index in [-0.39, 0.29) is 0 Å². The molecular weight excluding hydrogens is 132 g/mol. The molecule has 0 fully saturated rings. The fourth-order valence-electron chi connectivity index (χ4n) is 0.741. The van der Waals surface area contributed by atoms with Gasteiger partial charge in [-0.15, -0.1) is 0 Å². The van der Waals surface area contributed by atoms with Gasteiger partial charge in [0.1, 0.15) is 0 Å². The molecule has 1 aliphatic heterocycles. The standard InChI is InChI=1S/C7H8O3/c8-6-4-2-1-3-5-7(9)10-6/h2,4H,1,3,5H2. The Morgan fingerprint density at radius 1 is 1.40 bits per heavy atom. The van der Waals surface area contributed by atoms with Crippen LogP contribution in [0.5, 0.6) is 0 Å². The minimum Gasteiger partial charge on any atom is -0.390 e. The van der Waals surface area contributed by atoms with Gasteiger partial charge in [-0.1, -0.05) is 6.08 Å². The van der Waals surface area contributed by atoms with Crippen molar-refractivity contribution in [2.24, 2.45) is 0 Å². The first kappa shape index (κ1) is 6.99. The number of allylic oxidation sites excluding steroid dienone is 1. The summed E-state index contributed by atoms with van der Waals surface area (Å²) in [7, 11) is 0. The molecule has 0 aromatic rings. The summed E-state index contributed by atoms with van der Waals surface area (Å²) < 4.78 is 4.33. The molecular formula is C7H8O3. The fourth-order valence-corrected chi connectivity index (χ4v) is 0.741. The van der Waals surface area contributed by atoms with Crippen LogP contribution in [0.15, 0.2) is 12.2 Å². The summed E-state index contributed by atoms with van der Waals surface area (Å²) in [6.45, 7) is 0. The summed E-state index contributed by atoms with van der Waals surface area (Å²) in [5.74, 6) is -0.973. The molecule has 0 aromatic carbocycles. The maximum absolute atomic E-state index is 10.6. The van der Waals surface area contributed by atoms with Crippen LogP contribution in [0.2, 0.25) is 0 Å².